The Balaban J connectivity index is 2.18. The van der Waals surface area contributed by atoms with Crippen molar-refractivity contribution in [3.8, 4) is 0 Å². The number of hydrogen-bond acceptors (Lipinski definition) is 2. The van der Waals surface area contributed by atoms with Gasteiger partial charge in [-0.25, -0.2) is 22.0 Å². The molecule has 0 saturated carbocycles. The van der Waals surface area contributed by atoms with Crippen LogP contribution in [-0.4, -0.2) is 17.8 Å². The van der Waals surface area contributed by atoms with Gasteiger partial charge in [-0.15, -0.1) is 0 Å². The average molecular weight is 296 g/mol. The summed E-state index contributed by atoms with van der Waals surface area (Å²) in [6.07, 6.45) is -0.147. The lowest BCUT2D eigenvalue weighted by Gasteiger charge is -2.16. The first-order chi connectivity index (χ1) is 9.43. The zero-order valence-corrected chi connectivity index (χ0v) is 10.4. The highest BCUT2D eigenvalue weighted by atomic mass is 19.2. The molecule has 20 heavy (non-hydrogen) atoms. The van der Waals surface area contributed by atoms with Crippen LogP contribution in [0.2, 0.25) is 0 Å². The van der Waals surface area contributed by atoms with Crippen LogP contribution in [-0.2, 0) is 4.74 Å². The van der Waals surface area contributed by atoms with Crippen molar-refractivity contribution in [2.45, 2.75) is 37.9 Å². The van der Waals surface area contributed by atoms with Gasteiger partial charge in [-0.2, -0.15) is 0 Å². The van der Waals surface area contributed by atoms with E-state index in [1.807, 2.05) is 0 Å². The fourth-order valence-electron chi connectivity index (χ4n) is 2.27. The van der Waals surface area contributed by atoms with Crippen LogP contribution in [0.1, 0.15) is 37.4 Å². The van der Waals surface area contributed by atoms with E-state index in [9.17, 15) is 27.1 Å². The molecule has 2 rings (SSSR count). The molecule has 1 aromatic rings. The average Bonchev–Trinajstić information content (AvgIpc) is 2.94. The Kier molecular flexibility index (Phi) is 4.59. The van der Waals surface area contributed by atoms with Crippen molar-refractivity contribution in [2.24, 2.45) is 0 Å². The SMILES string of the molecule is OC(CCC1CCCO1)c1c(F)c(F)c(F)c(F)c1F. The molecule has 1 saturated heterocycles. The molecule has 7 heteroatoms. The number of aliphatic hydroxyl groups is 1. The fraction of sp³-hybridized carbons (Fsp3) is 0.538. The lowest BCUT2D eigenvalue weighted by Crippen LogP contribution is -2.13. The van der Waals surface area contributed by atoms with Crippen molar-refractivity contribution in [1.82, 2.24) is 0 Å². The first-order valence-corrected chi connectivity index (χ1v) is 6.24. The van der Waals surface area contributed by atoms with Crippen molar-refractivity contribution in [3.63, 3.8) is 0 Å². The molecule has 0 spiro atoms. The predicted molar refractivity (Wildman–Crippen MR) is 59.4 cm³/mol. The van der Waals surface area contributed by atoms with Gasteiger partial charge in [0.15, 0.2) is 23.3 Å². The minimum absolute atomic E-state index is 0.136. The van der Waals surface area contributed by atoms with Gasteiger partial charge in [-0.3, -0.25) is 0 Å². The van der Waals surface area contributed by atoms with Crippen LogP contribution in [0.5, 0.6) is 0 Å². The molecule has 112 valence electrons. The molecular weight excluding hydrogens is 283 g/mol. The first-order valence-electron chi connectivity index (χ1n) is 6.24. The van der Waals surface area contributed by atoms with Crippen molar-refractivity contribution in [3.05, 3.63) is 34.6 Å². The summed E-state index contributed by atoms with van der Waals surface area (Å²) < 4.78 is 71.0. The van der Waals surface area contributed by atoms with E-state index in [0.29, 0.717) is 13.0 Å². The van der Waals surface area contributed by atoms with Gasteiger partial charge in [-0.05, 0) is 25.7 Å². The Labute approximate surface area is 112 Å². The molecule has 1 aromatic carbocycles. The largest absolute Gasteiger partial charge is 0.388 e. The summed E-state index contributed by atoms with van der Waals surface area (Å²) in [5.41, 5.74) is -1.18. The van der Waals surface area contributed by atoms with E-state index >= 15 is 0 Å². The third kappa shape index (κ3) is 2.78. The Morgan fingerprint density at radius 1 is 1.00 bits per heavy atom. The maximum Gasteiger partial charge on any atom is 0.200 e. The standard InChI is InChI=1S/C13H13F5O2/c14-9-8(10(15)12(17)13(18)11(9)16)7(19)4-3-6-2-1-5-20-6/h6-7,19H,1-5H2. The van der Waals surface area contributed by atoms with Gasteiger partial charge in [0, 0.05) is 6.61 Å². The summed E-state index contributed by atoms with van der Waals surface area (Å²) >= 11 is 0. The number of benzene rings is 1. The molecule has 1 fully saturated rings. The van der Waals surface area contributed by atoms with Gasteiger partial charge in [0.05, 0.1) is 17.8 Å². The van der Waals surface area contributed by atoms with Crippen LogP contribution in [0.3, 0.4) is 0 Å². The van der Waals surface area contributed by atoms with E-state index in [1.54, 1.807) is 0 Å². The summed E-state index contributed by atoms with van der Waals surface area (Å²) in [5, 5.41) is 9.69. The second-order valence-corrected chi connectivity index (χ2v) is 4.71. The quantitative estimate of drug-likeness (QED) is 0.524. The van der Waals surface area contributed by atoms with Gasteiger partial charge in [0.2, 0.25) is 5.82 Å². The predicted octanol–water partition coefficient (Wildman–Crippen LogP) is 3.37. The van der Waals surface area contributed by atoms with Crippen LogP contribution in [0, 0.1) is 29.1 Å². The number of rotatable bonds is 4. The van der Waals surface area contributed by atoms with Gasteiger partial charge < -0.3 is 9.84 Å². The molecule has 1 N–H and O–H groups in total. The van der Waals surface area contributed by atoms with Crippen molar-refractivity contribution < 1.29 is 31.8 Å². The molecule has 0 aromatic heterocycles. The van der Waals surface area contributed by atoms with Crippen LogP contribution in [0.4, 0.5) is 22.0 Å². The topological polar surface area (TPSA) is 29.5 Å². The highest BCUT2D eigenvalue weighted by molar-refractivity contribution is 5.26. The van der Waals surface area contributed by atoms with E-state index in [2.05, 4.69) is 0 Å². The number of hydrogen-bond donors (Lipinski definition) is 1. The zero-order valence-electron chi connectivity index (χ0n) is 10.4. The minimum atomic E-state index is -2.23. The van der Waals surface area contributed by atoms with E-state index in [1.165, 1.54) is 0 Å². The number of halogens is 5. The van der Waals surface area contributed by atoms with E-state index in [4.69, 9.17) is 4.74 Å². The van der Waals surface area contributed by atoms with Crippen LogP contribution in [0.25, 0.3) is 0 Å². The maximum absolute atomic E-state index is 13.4. The monoisotopic (exact) mass is 296 g/mol. The summed E-state index contributed by atoms with van der Waals surface area (Å²) in [7, 11) is 0. The maximum atomic E-state index is 13.4. The summed E-state index contributed by atoms with van der Waals surface area (Å²) in [6.45, 7) is 0.573. The third-order valence-electron chi connectivity index (χ3n) is 3.36. The lowest BCUT2D eigenvalue weighted by molar-refractivity contribution is 0.0786. The lowest BCUT2D eigenvalue weighted by atomic mass is 10.00. The van der Waals surface area contributed by atoms with Crippen molar-refractivity contribution >= 4 is 0 Å². The number of ether oxygens (including phenoxy) is 1. The molecule has 0 aliphatic carbocycles. The Bertz CT molecular complexity index is 471. The molecule has 2 unspecified atom stereocenters. The summed E-state index contributed by atoms with van der Waals surface area (Å²) in [6, 6.07) is 0. The fourth-order valence-corrected chi connectivity index (χ4v) is 2.27. The molecule has 1 heterocycles. The van der Waals surface area contributed by atoms with Gasteiger partial charge in [-0.1, -0.05) is 0 Å². The molecule has 2 atom stereocenters. The molecular formula is C13H13F5O2. The smallest absolute Gasteiger partial charge is 0.200 e. The van der Waals surface area contributed by atoms with Crippen LogP contribution >= 0.6 is 0 Å². The van der Waals surface area contributed by atoms with Crippen LogP contribution in [0.15, 0.2) is 0 Å². The second-order valence-electron chi connectivity index (χ2n) is 4.71. The minimum Gasteiger partial charge on any atom is -0.388 e. The Morgan fingerprint density at radius 3 is 2.05 bits per heavy atom. The molecule has 2 nitrogen and oxygen atoms in total. The molecule has 0 amide bonds. The van der Waals surface area contributed by atoms with E-state index < -0.39 is 40.8 Å². The van der Waals surface area contributed by atoms with Gasteiger partial charge >= 0.3 is 0 Å². The second kappa shape index (κ2) is 6.05. The first kappa shape index (κ1) is 15.2. The molecule has 1 aliphatic rings. The number of aliphatic hydroxyl groups excluding tert-OH is 1. The Hall–Kier alpha value is -1.21. The van der Waals surface area contributed by atoms with E-state index in [0.717, 1.165) is 12.8 Å². The van der Waals surface area contributed by atoms with Crippen LogP contribution < -0.4 is 0 Å². The van der Waals surface area contributed by atoms with Gasteiger partial charge in [0.1, 0.15) is 0 Å². The van der Waals surface area contributed by atoms with Crippen molar-refractivity contribution in [2.75, 3.05) is 6.61 Å². The molecule has 0 bridgehead atoms. The highest BCUT2D eigenvalue weighted by Crippen LogP contribution is 2.31. The zero-order chi connectivity index (χ0) is 14.9. The van der Waals surface area contributed by atoms with Crippen molar-refractivity contribution in [1.29, 1.82) is 0 Å². The highest BCUT2D eigenvalue weighted by Gasteiger charge is 2.30. The van der Waals surface area contributed by atoms with Gasteiger partial charge in [0.25, 0.3) is 0 Å². The third-order valence-corrected chi connectivity index (χ3v) is 3.36. The summed E-state index contributed by atoms with van der Waals surface area (Å²) in [4.78, 5) is 0. The van der Waals surface area contributed by atoms with E-state index in [-0.39, 0.29) is 12.5 Å². The molecule has 0 radical (unpaired) electrons. The summed E-state index contributed by atoms with van der Waals surface area (Å²) in [5.74, 6) is -10.3. The molecule has 1 aliphatic heterocycles. The normalized spacial score (nSPS) is 20.4. The Morgan fingerprint density at radius 2 is 1.55 bits per heavy atom.